The van der Waals surface area contributed by atoms with E-state index in [2.05, 4.69) is 10.6 Å². The van der Waals surface area contributed by atoms with Gasteiger partial charge in [-0.2, -0.15) is 0 Å². The largest absolute Gasteiger partial charge is 0.481 e. The SMILES string of the molecule is CC(CNC(=O)NC1CCCCC1C(=O)O)N(C)C. The Balaban J connectivity index is 2.39. The second-order valence-corrected chi connectivity index (χ2v) is 5.50. The number of carbonyl (C=O) groups is 2. The molecule has 3 atom stereocenters. The molecule has 0 saturated heterocycles. The van der Waals surface area contributed by atoms with Crippen molar-refractivity contribution in [1.82, 2.24) is 15.5 Å². The molecule has 1 aliphatic carbocycles. The van der Waals surface area contributed by atoms with Crippen LogP contribution in [0.25, 0.3) is 0 Å². The lowest BCUT2D eigenvalue weighted by molar-refractivity contribution is -0.143. The number of aliphatic carboxylic acids is 1. The lowest BCUT2D eigenvalue weighted by Gasteiger charge is -2.29. The van der Waals surface area contributed by atoms with Crippen LogP contribution in [-0.4, -0.2) is 54.7 Å². The van der Waals surface area contributed by atoms with Gasteiger partial charge in [0.05, 0.1) is 5.92 Å². The molecule has 3 unspecified atom stereocenters. The van der Waals surface area contributed by atoms with Crippen LogP contribution in [0.15, 0.2) is 0 Å². The smallest absolute Gasteiger partial charge is 0.315 e. The number of carboxylic acids is 1. The highest BCUT2D eigenvalue weighted by Crippen LogP contribution is 2.24. The van der Waals surface area contributed by atoms with Crippen LogP contribution in [0.4, 0.5) is 4.79 Å². The van der Waals surface area contributed by atoms with E-state index in [4.69, 9.17) is 5.11 Å². The Labute approximate surface area is 114 Å². The Kier molecular flexibility index (Phi) is 6.08. The van der Waals surface area contributed by atoms with E-state index in [9.17, 15) is 9.59 Å². The van der Waals surface area contributed by atoms with Gasteiger partial charge in [-0.25, -0.2) is 4.79 Å². The van der Waals surface area contributed by atoms with Crippen LogP contribution >= 0.6 is 0 Å². The Bertz CT molecular complexity index is 320. The quantitative estimate of drug-likeness (QED) is 0.693. The topological polar surface area (TPSA) is 81.7 Å². The second kappa shape index (κ2) is 7.33. The first-order valence-electron chi connectivity index (χ1n) is 6.85. The normalized spacial score (nSPS) is 24.8. The fourth-order valence-corrected chi connectivity index (χ4v) is 2.24. The summed E-state index contributed by atoms with van der Waals surface area (Å²) < 4.78 is 0. The van der Waals surface area contributed by atoms with E-state index in [1.54, 1.807) is 0 Å². The first-order valence-corrected chi connectivity index (χ1v) is 6.85. The van der Waals surface area contributed by atoms with Gasteiger partial charge in [-0.3, -0.25) is 4.79 Å². The van der Waals surface area contributed by atoms with Crippen LogP contribution < -0.4 is 10.6 Å². The van der Waals surface area contributed by atoms with E-state index >= 15 is 0 Å². The monoisotopic (exact) mass is 271 g/mol. The molecular weight excluding hydrogens is 246 g/mol. The summed E-state index contributed by atoms with van der Waals surface area (Å²) >= 11 is 0. The van der Waals surface area contributed by atoms with Gasteiger partial charge < -0.3 is 20.6 Å². The van der Waals surface area contributed by atoms with Gasteiger partial charge in [0.25, 0.3) is 0 Å². The molecular formula is C13H25N3O3. The molecule has 0 heterocycles. The molecule has 19 heavy (non-hydrogen) atoms. The van der Waals surface area contributed by atoms with Gasteiger partial charge in [-0.15, -0.1) is 0 Å². The molecule has 1 aliphatic rings. The maximum Gasteiger partial charge on any atom is 0.315 e. The molecule has 1 fully saturated rings. The van der Waals surface area contributed by atoms with E-state index < -0.39 is 11.9 Å². The fraction of sp³-hybridized carbons (Fsp3) is 0.846. The van der Waals surface area contributed by atoms with Crippen LogP contribution in [0.5, 0.6) is 0 Å². The minimum atomic E-state index is -0.813. The van der Waals surface area contributed by atoms with Crippen LogP contribution in [0.2, 0.25) is 0 Å². The van der Waals surface area contributed by atoms with Gasteiger partial charge in [0.2, 0.25) is 0 Å². The Morgan fingerprint density at radius 1 is 1.32 bits per heavy atom. The van der Waals surface area contributed by atoms with E-state index in [1.807, 2.05) is 25.9 Å². The predicted octanol–water partition coefficient (Wildman–Crippen LogP) is 0.879. The van der Waals surface area contributed by atoms with Gasteiger partial charge in [0.15, 0.2) is 0 Å². The highest BCUT2D eigenvalue weighted by atomic mass is 16.4. The number of hydrogen-bond acceptors (Lipinski definition) is 3. The molecule has 1 rings (SSSR count). The van der Waals surface area contributed by atoms with E-state index in [-0.39, 0.29) is 18.1 Å². The number of amides is 2. The van der Waals surface area contributed by atoms with Gasteiger partial charge in [0.1, 0.15) is 0 Å². The van der Waals surface area contributed by atoms with Crippen LogP contribution in [-0.2, 0) is 4.79 Å². The summed E-state index contributed by atoms with van der Waals surface area (Å²) in [6, 6.07) is -0.278. The number of nitrogens with zero attached hydrogens (tertiary/aromatic N) is 1. The van der Waals surface area contributed by atoms with Crippen LogP contribution in [0, 0.1) is 5.92 Å². The minimum Gasteiger partial charge on any atom is -0.481 e. The molecule has 0 spiro atoms. The van der Waals surface area contributed by atoms with Crippen molar-refractivity contribution in [2.24, 2.45) is 5.92 Å². The third-order valence-corrected chi connectivity index (χ3v) is 3.84. The molecule has 0 bridgehead atoms. The van der Waals surface area contributed by atoms with Crippen molar-refractivity contribution in [1.29, 1.82) is 0 Å². The second-order valence-electron chi connectivity index (χ2n) is 5.50. The summed E-state index contributed by atoms with van der Waals surface area (Å²) in [5, 5.41) is 14.7. The van der Waals surface area contributed by atoms with Gasteiger partial charge in [0, 0.05) is 18.6 Å². The first kappa shape index (κ1) is 15.8. The lowest BCUT2D eigenvalue weighted by atomic mass is 9.84. The molecule has 6 heteroatoms. The summed E-state index contributed by atoms with van der Waals surface area (Å²) in [7, 11) is 3.90. The van der Waals surface area contributed by atoms with Crippen molar-refractivity contribution in [3.63, 3.8) is 0 Å². The summed E-state index contributed by atoms with van der Waals surface area (Å²) in [5.41, 5.74) is 0. The van der Waals surface area contributed by atoms with Gasteiger partial charge in [-0.1, -0.05) is 12.8 Å². The number of nitrogens with one attached hydrogen (secondary N) is 2. The standard InChI is InChI=1S/C13H25N3O3/c1-9(16(2)3)8-14-13(19)15-11-7-5-4-6-10(11)12(17)18/h9-11H,4-8H2,1-3H3,(H,17,18)(H2,14,15,19). The number of carbonyl (C=O) groups excluding carboxylic acids is 1. The Morgan fingerprint density at radius 2 is 1.95 bits per heavy atom. The maximum atomic E-state index is 11.8. The predicted molar refractivity (Wildman–Crippen MR) is 73.1 cm³/mol. The molecule has 3 N–H and O–H groups in total. The minimum absolute atomic E-state index is 0.243. The third kappa shape index (κ3) is 5.06. The van der Waals surface area contributed by atoms with Crippen molar-refractivity contribution in [3.05, 3.63) is 0 Å². The van der Waals surface area contributed by atoms with E-state index in [0.717, 1.165) is 19.3 Å². The third-order valence-electron chi connectivity index (χ3n) is 3.84. The number of rotatable bonds is 5. The van der Waals surface area contributed by atoms with Crippen molar-refractivity contribution >= 4 is 12.0 Å². The first-order chi connectivity index (χ1) is 8.91. The number of urea groups is 1. The highest BCUT2D eigenvalue weighted by Gasteiger charge is 2.31. The van der Waals surface area contributed by atoms with Gasteiger partial charge >= 0.3 is 12.0 Å². The Hall–Kier alpha value is -1.30. The maximum absolute atomic E-state index is 11.8. The average Bonchev–Trinajstić information content (AvgIpc) is 2.36. The molecule has 0 aromatic rings. The summed E-state index contributed by atoms with van der Waals surface area (Å²) in [6.07, 6.45) is 3.29. The summed E-state index contributed by atoms with van der Waals surface area (Å²) in [6.45, 7) is 2.56. The van der Waals surface area contributed by atoms with Crippen LogP contribution in [0.3, 0.4) is 0 Å². The zero-order valence-corrected chi connectivity index (χ0v) is 12.0. The molecule has 6 nitrogen and oxygen atoms in total. The average molecular weight is 271 g/mol. The zero-order chi connectivity index (χ0) is 14.4. The molecule has 0 aromatic heterocycles. The molecule has 0 aliphatic heterocycles. The molecule has 110 valence electrons. The van der Waals surface area contributed by atoms with E-state index in [0.29, 0.717) is 13.0 Å². The van der Waals surface area contributed by atoms with Crippen molar-refractivity contribution in [3.8, 4) is 0 Å². The van der Waals surface area contributed by atoms with Crippen molar-refractivity contribution in [2.45, 2.75) is 44.7 Å². The highest BCUT2D eigenvalue weighted by molar-refractivity contribution is 5.76. The fourth-order valence-electron chi connectivity index (χ4n) is 2.24. The summed E-state index contributed by atoms with van der Waals surface area (Å²) in [5.74, 6) is -1.27. The molecule has 0 aromatic carbocycles. The number of carboxylic acid groups (broad SMARTS) is 1. The molecule has 0 radical (unpaired) electrons. The van der Waals surface area contributed by atoms with Gasteiger partial charge in [-0.05, 0) is 33.9 Å². The number of likely N-dealkylation sites (N-methyl/N-ethyl adjacent to an activating group) is 1. The van der Waals surface area contributed by atoms with Crippen molar-refractivity contribution < 1.29 is 14.7 Å². The molecule has 2 amide bonds. The lowest BCUT2D eigenvalue weighted by Crippen LogP contribution is -2.50. The molecule has 1 saturated carbocycles. The summed E-state index contributed by atoms with van der Waals surface area (Å²) in [4.78, 5) is 24.9. The number of hydrogen-bond donors (Lipinski definition) is 3. The van der Waals surface area contributed by atoms with Crippen molar-refractivity contribution in [2.75, 3.05) is 20.6 Å². The van der Waals surface area contributed by atoms with Crippen LogP contribution in [0.1, 0.15) is 32.6 Å². The Morgan fingerprint density at radius 3 is 2.53 bits per heavy atom. The zero-order valence-electron chi connectivity index (χ0n) is 12.0. The van der Waals surface area contributed by atoms with E-state index in [1.165, 1.54) is 0 Å².